The zero-order valence-electron chi connectivity index (χ0n) is 14.7. The smallest absolute Gasteiger partial charge is 0.341 e. The van der Waals surface area contributed by atoms with Crippen LogP contribution in [0.3, 0.4) is 0 Å². The fraction of sp³-hybridized carbons (Fsp3) is 0.526. The number of carboxylic acid groups (broad SMARTS) is 1. The number of carboxylic acids is 1. The third-order valence-corrected chi connectivity index (χ3v) is 6.18. The van der Waals surface area contributed by atoms with Gasteiger partial charge < -0.3 is 15.2 Å². The highest BCUT2D eigenvalue weighted by molar-refractivity contribution is 7.17. The molecule has 0 aromatic carbocycles. The second kappa shape index (κ2) is 8.03. The van der Waals surface area contributed by atoms with Crippen LogP contribution in [0.2, 0.25) is 0 Å². The first-order chi connectivity index (χ1) is 12.5. The van der Waals surface area contributed by atoms with Crippen LogP contribution in [0.25, 0.3) is 0 Å². The number of hydrogen-bond acceptors (Lipinski definition) is 5. The number of rotatable bonds is 5. The number of anilines is 1. The monoisotopic (exact) mass is 377 g/mol. The third-order valence-electron chi connectivity index (χ3n) is 4.97. The van der Waals surface area contributed by atoms with Gasteiger partial charge in [0.1, 0.15) is 5.00 Å². The summed E-state index contributed by atoms with van der Waals surface area (Å²) in [7, 11) is 0. The molecule has 7 heteroatoms. The number of carbonyl (C=O) groups excluding carboxylic acids is 2. The van der Waals surface area contributed by atoms with E-state index in [0.717, 1.165) is 36.1 Å². The number of ether oxygens (including phenoxy) is 1. The van der Waals surface area contributed by atoms with Gasteiger partial charge in [0, 0.05) is 4.88 Å². The van der Waals surface area contributed by atoms with Gasteiger partial charge in [-0.15, -0.1) is 11.3 Å². The van der Waals surface area contributed by atoms with E-state index in [1.54, 1.807) is 13.0 Å². The number of thiophene rings is 1. The Balaban J connectivity index is 1.88. The average Bonchev–Trinajstić information content (AvgIpc) is 2.99. The molecule has 1 heterocycles. The van der Waals surface area contributed by atoms with Crippen LogP contribution in [0, 0.1) is 11.8 Å². The van der Waals surface area contributed by atoms with E-state index >= 15 is 0 Å². The van der Waals surface area contributed by atoms with Crippen molar-refractivity contribution in [3.8, 4) is 0 Å². The maximum Gasteiger partial charge on any atom is 0.341 e. The van der Waals surface area contributed by atoms with E-state index < -0.39 is 23.8 Å². The molecule has 1 aromatic rings. The minimum absolute atomic E-state index is 0.269. The van der Waals surface area contributed by atoms with Crippen molar-refractivity contribution in [1.29, 1.82) is 0 Å². The lowest BCUT2D eigenvalue weighted by Crippen LogP contribution is -2.34. The largest absolute Gasteiger partial charge is 0.481 e. The summed E-state index contributed by atoms with van der Waals surface area (Å²) in [6.07, 6.45) is 8.16. The Morgan fingerprint density at radius 3 is 2.58 bits per heavy atom. The van der Waals surface area contributed by atoms with E-state index in [4.69, 9.17) is 4.74 Å². The van der Waals surface area contributed by atoms with Crippen LogP contribution in [-0.4, -0.2) is 29.6 Å². The quantitative estimate of drug-likeness (QED) is 0.606. The average molecular weight is 377 g/mol. The van der Waals surface area contributed by atoms with Gasteiger partial charge in [0.2, 0.25) is 5.91 Å². The van der Waals surface area contributed by atoms with Crippen molar-refractivity contribution < 1.29 is 24.2 Å². The lowest BCUT2D eigenvalue weighted by Gasteiger charge is -2.24. The number of nitrogens with one attached hydrogen (secondary N) is 1. The second-order valence-corrected chi connectivity index (χ2v) is 7.72. The summed E-state index contributed by atoms with van der Waals surface area (Å²) in [4.78, 5) is 37.8. The molecule has 0 fully saturated rings. The van der Waals surface area contributed by atoms with Gasteiger partial charge in [0.25, 0.3) is 0 Å². The molecule has 6 nitrogen and oxygen atoms in total. The number of hydrogen-bond donors (Lipinski definition) is 2. The van der Waals surface area contributed by atoms with Crippen molar-refractivity contribution in [2.45, 2.75) is 45.4 Å². The van der Waals surface area contributed by atoms with Crippen LogP contribution in [0.15, 0.2) is 12.2 Å². The molecule has 0 saturated heterocycles. The Hall–Kier alpha value is -2.15. The molecule has 2 atom stereocenters. The lowest BCUT2D eigenvalue weighted by molar-refractivity contribution is -0.146. The van der Waals surface area contributed by atoms with Crippen molar-refractivity contribution in [1.82, 2.24) is 0 Å². The molecule has 0 bridgehead atoms. The molecule has 0 unspecified atom stereocenters. The summed E-state index contributed by atoms with van der Waals surface area (Å²) >= 11 is 1.42. The number of aliphatic carboxylic acids is 1. The molecule has 1 aromatic heterocycles. The molecule has 140 valence electrons. The topological polar surface area (TPSA) is 92.7 Å². The van der Waals surface area contributed by atoms with Gasteiger partial charge in [-0.3, -0.25) is 9.59 Å². The van der Waals surface area contributed by atoms with Crippen LogP contribution >= 0.6 is 11.3 Å². The first kappa shape index (κ1) is 18.6. The summed E-state index contributed by atoms with van der Waals surface area (Å²) in [5.41, 5.74) is 1.44. The Morgan fingerprint density at radius 2 is 1.88 bits per heavy atom. The molecular formula is C19H23NO5S. The minimum atomic E-state index is -0.967. The van der Waals surface area contributed by atoms with Gasteiger partial charge in [-0.1, -0.05) is 12.2 Å². The normalized spacial score (nSPS) is 21.7. The predicted octanol–water partition coefficient (Wildman–Crippen LogP) is 3.41. The highest BCUT2D eigenvalue weighted by atomic mass is 32.1. The van der Waals surface area contributed by atoms with Crippen molar-refractivity contribution in [3.63, 3.8) is 0 Å². The number of allylic oxidation sites excluding steroid dienone is 2. The highest BCUT2D eigenvalue weighted by Crippen LogP contribution is 2.39. The second-order valence-electron chi connectivity index (χ2n) is 6.62. The van der Waals surface area contributed by atoms with Gasteiger partial charge in [0.15, 0.2) is 0 Å². The van der Waals surface area contributed by atoms with Crippen molar-refractivity contribution in [2.24, 2.45) is 11.8 Å². The van der Waals surface area contributed by atoms with Crippen LogP contribution in [0.1, 0.15) is 53.4 Å². The number of fused-ring (bicyclic) bond motifs is 1. The van der Waals surface area contributed by atoms with E-state index in [0.29, 0.717) is 23.4 Å². The number of carbonyl (C=O) groups is 3. The summed E-state index contributed by atoms with van der Waals surface area (Å²) in [6.45, 7) is 2.02. The first-order valence-corrected chi connectivity index (χ1v) is 9.84. The summed E-state index contributed by atoms with van der Waals surface area (Å²) in [6, 6.07) is 0. The maximum atomic E-state index is 12.8. The van der Waals surface area contributed by atoms with Crippen molar-refractivity contribution in [2.75, 3.05) is 11.9 Å². The van der Waals surface area contributed by atoms with Gasteiger partial charge in [-0.2, -0.15) is 0 Å². The molecular weight excluding hydrogens is 354 g/mol. The Bertz CT molecular complexity index is 751. The molecule has 0 aliphatic heterocycles. The zero-order chi connectivity index (χ0) is 18.7. The molecule has 26 heavy (non-hydrogen) atoms. The minimum Gasteiger partial charge on any atom is -0.481 e. The van der Waals surface area contributed by atoms with E-state index in [9.17, 15) is 19.5 Å². The highest BCUT2D eigenvalue weighted by Gasteiger charge is 2.35. The van der Waals surface area contributed by atoms with Gasteiger partial charge in [-0.25, -0.2) is 4.79 Å². The van der Waals surface area contributed by atoms with Crippen LogP contribution in [-0.2, 0) is 27.2 Å². The Morgan fingerprint density at radius 1 is 1.19 bits per heavy atom. The van der Waals surface area contributed by atoms with Crippen molar-refractivity contribution in [3.05, 3.63) is 28.2 Å². The van der Waals surface area contributed by atoms with Crippen LogP contribution in [0.4, 0.5) is 5.00 Å². The molecule has 0 radical (unpaired) electrons. The Kier molecular flexibility index (Phi) is 5.76. The van der Waals surface area contributed by atoms with Crippen molar-refractivity contribution >= 4 is 34.2 Å². The van der Waals surface area contributed by atoms with Crippen LogP contribution in [0.5, 0.6) is 0 Å². The zero-order valence-corrected chi connectivity index (χ0v) is 15.6. The molecule has 0 saturated carbocycles. The summed E-state index contributed by atoms with van der Waals surface area (Å²) in [5.74, 6) is -3.09. The standard InChI is InChI=1S/C19H23NO5S/c1-2-25-19(24)15-13-9-5-6-10-14(13)26-17(15)20-16(21)11-7-3-4-8-12(11)18(22)23/h3-4,11-12H,2,5-10H2,1H3,(H,20,21)(H,22,23)/t11-,12+/m1/s1. The number of aryl methyl sites for hydroxylation is 1. The van der Waals surface area contributed by atoms with Crippen LogP contribution < -0.4 is 5.32 Å². The number of esters is 1. The van der Waals surface area contributed by atoms with E-state index in [2.05, 4.69) is 5.32 Å². The van der Waals surface area contributed by atoms with E-state index in [-0.39, 0.29) is 12.5 Å². The third kappa shape index (κ3) is 3.67. The van der Waals surface area contributed by atoms with E-state index in [1.165, 1.54) is 11.3 Å². The number of amides is 1. The first-order valence-electron chi connectivity index (χ1n) is 9.03. The fourth-order valence-corrected chi connectivity index (χ4v) is 4.93. The predicted molar refractivity (Wildman–Crippen MR) is 98.5 cm³/mol. The molecule has 1 amide bonds. The van der Waals surface area contributed by atoms with Gasteiger partial charge >= 0.3 is 11.9 Å². The van der Waals surface area contributed by atoms with Gasteiger partial charge in [0.05, 0.1) is 24.0 Å². The fourth-order valence-electron chi connectivity index (χ4n) is 3.65. The van der Waals surface area contributed by atoms with E-state index in [1.807, 2.05) is 6.08 Å². The molecule has 3 rings (SSSR count). The molecule has 0 spiro atoms. The lowest BCUT2D eigenvalue weighted by atomic mass is 9.82. The molecule has 2 N–H and O–H groups in total. The van der Waals surface area contributed by atoms with Gasteiger partial charge in [-0.05, 0) is 51.0 Å². The Labute approximate surface area is 156 Å². The molecule has 2 aliphatic carbocycles. The maximum absolute atomic E-state index is 12.8. The molecule has 2 aliphatic rings. The summed E-state index contributed by atoms with van der Waals surface area (Å²) in [5, 5.41) is 12.7. The summed E-state index contributed by atoms with van der Waals surface area (Å²) < 4.78 is 5.19. The SMILES string of the molecule is CCOC(=O)c1c(NC(=O)[C@@H]2CC=CC[C@@H]2C(=O)O)sc2c1CCCC2.